The maximum Gasteiger partial charge on any atom is 0.246 e. The fourth-order valence-electron chi connectivity index (χ4n) is 5.97. The van der Waals surface area contributed by atoms with Crippen molar-refractivity contribution in [2.75, 3.05) is 50.1 Å². The smallest absolute Gasteiger partial charge is 0.246 e. The second-order valence-corrected chi connectivity index (χ2v) is 12.2. The van der Waals surface area contributed by atoms with Gasteiger partial charge in [0, 0.05) is 60.8 Å². The van der Waals surface area contributed by atoms with E-state index in [2.05, 4.69) is 26.4 Å². The zero-order chi connectivity index (χ0) is 30.0. The van der Waals surface area contributed by atoms with E-state index in [0.717, 1.165) is 18.7 Å². The second kappa shape index (κ2) is 10.7. The first kappa shape index (κ1) is 28.6. The number of carbonyl (C=O) groups is 1. The highest BCUT2D eigenvalue weighted by molar-refractivity contribution is 6.37. The molecule has 0 unspecified atom stereocenters. The summed E-state index contributed by atoms with van der Waals surface area (Å²) in [5.41, 5.74) is 2.07. The number of nitrogens with zero attached hydrogens (tertiary/aromatic N) is 7. The number of benzene rings is 2. The summed E-state index contributed by atoms with van der Waals surface area (Å²) in [6.07, 6.45) is 1.34. The van der Waals surface area contributed by atoms with Crippen LogP contribution in [0.5, 0.6) is 0 Å². The van der Waals surface area contributed by atoms with Gasteiger partial charge in [-0.15, -0.1) is 0 Å². The zero-order valence-electron chi connectivity index (χ0n) is 24.2. The summed E-state index contributed by atoms with van der Waals surface area (Å²) in [6, 6.07) is 5.44. The predicted molar refractivity (Wildman–Crippen MR) is 165 cm³/mol. The van der Waals surface area contributed by atoms with Gasteiger partial charge in [0.25, 0.3) is 0 Å². The lowest BCUT2D eigenvalue weighted by molar-refractivity contribution is -0.128. The fraction of sp³-hybridized carbons (Fsp3) is 0.400. The third-order valence-corrected chi connectivity index (χ3v) is 9.05. The molecule has 0 N–H and O–H groups in total. The molecule has 0 bridgehead atoms. The van der Waals surface area contributed by atoms with Crippen LogP contribution < -0.4 is 9.80 Å². The van der Waals surface area contributed by atoms with Gasteiger partial charge in [-0.05, 0) is 58.6 Å². The molecule has 0 aliphatic carbocycles. The SMILES string of the molecule is C=CC(=O)N1C[C@H](C)N(c2nc(N3CC(N(C)C)C3)nc3c(F)c(-c4c(C)ccc5onc(Cl)c45)c(Cl)cc23)C[C@H]1C. The molecule has 0 spiro atoms. The van der Waals surface area contributed by atoms with E-state index in [9.17, 15) is 4.79 Å². The lowest BCUT2D eigenvalue weighted by Gasteiger charge is -2.45. The molecule has 2 atom stereocenters. The molecule has 2 aromatic carbocycles. The van der Waals surface area contributed by atoms with Gasteiger partial charge in [0.05, 0.1) is 10.4 Å². The van der Waals surface area contributed by atoms with Gasteiger partial charge < -0.3 is 24.1 Å². The number of hydrogen-bond acceptors (Lipinski definition) is 8. The maximum absolute atomic E-state index is 16.9. The lowest BCUT2D eigenvalue weighted by atomic mass is 9.95. The molecule has 0 radical (unpaired) electrons. The molecule has 2 aliphatic heterocycles. The Kier molecular flexibility index (Phi) is 7.27. The van der Waals surface area contributed by atoms with Crippen LogP contribution in [0.25, 0.3) is 33.0 Å². The molecule has 220 valence electrons. The van der Waals surface area contributed by atoms with Crippen LogP contribution in [0.4, 0.5) is 16.2 Å². The van der Waals surface area contributed by atoms with Crippen molar-refractivity contribution in [1.82, 2.24) is 24.9 Å². The average Bonchev–Trinajstić information content (AvgIpc) is 3.30. The van der Waals surface area contributed by atoms with Gasteiger partial charge in [-0.25, -0.2) is 9.37 Å². The fourth-order valence-corrected chi connectivity index (χ4v) is 6.48. The van der Waals surface area contributed by atoms with E-state index in [-0.39, 0.29) is 39.2 Å². The van der Waals surface area contributed by atoms with Crippen molar-refractivity contribution < 1.29 is 13.7 Å². The van der Waals surface area contributed by atoms with Gasteiger partial charge >= 0.3 is 0 Å². The Morgan fingerprint density at radius 2 is 1.86 bits per heavy atom. The number of rotatable bonds is 5. The van der Waals surface area contributed by atoms with Crippen LogP contribution >= 0.6 is 23.2 Å². The summed E-state index contributed by atoms with van der Waals surface area (Å²) < 4.78 is 22.3. The van der Waals surface area contributed by atoms with Crippen LogP contribution in [-0.4, -0.2) is 89.2 Å². The lowest BCUT2D eigenvalue weighted by Crippen LogP contribution is -2.59. The van der Waals surface area contributed by atoms with Crippen molar-refractivity contribution in [2.45, 2.75) is 38.9 Å². The summed E-state index contributed by atoms with van der Waals surface area (Å²) in [7, 11) is 4.07. The maximum atomic E-state index is 16.9. The first-order valence-corrected chi connectivity index (χ1v) is 14.6. The summed E-state index contributed by atoms with van der Waals surface area (Å²) in [5, 5.41) is 5.21. The van der Waals surface area contributed by atoms with Crippen molar-refractivity contribution in [1.29, 1.82) is 0 Å². The van der Waals surface area contributed by atoms with Crippen LogP contribution in [0.15, 0.2) is 35.4 Å². The Balaban J connectivity index is 1.55. The highest BCUT2D eigenvalue weighted by atomic mass is 35.5. The molecule has 2 fully saturated rings. The number of halogens is 3. The third kappa shape index (κ3) is 4.56. The van der Waals surface area contributed by atoms with Gasteiger partial charge in [0.1, 0.15) is 11.3 Å². The van der Waals surface area contributed by atoms with E-state index in [4.69, 9.17) is 37.7 Å². The minimum absolute atomic E-state index is 0.102. The number of fused-ring (bicyclic) bond motifs is 2. The Morgan fingerprint density at radius 1 is 1.12 bits per heavy atom. The summed E-state index contributed by atoms with van der Waals surface area (Å²) >= 11 is 13.3. The van der Waals surface area contributed by atoms with Gasteiger partial charge in [-0.2, -0.15) is 4.98 Å². The minimum Gasteiger partial charge on any atom is -0.355 e. The average molecular weight is 613 g/mol. The Morgan fingerprint density at radius 3 is 2.55 bits per heavy atom. The summed E-state index contributed by atoms with van der Waals surface area (Å²) in [4.78, 5) is 30.4. The molecule has 42 heavy (non-hydrogen) atoms. The summed E-state index contributed by atoms with van der Waals surface area (Å²) in [6.45, 7) is 12.0. The van der Waals surface area contributed by atoms with E-state index in [0.29, 0.717) is 52.8 Å². The second-order valence-electron chi connectivity index (χ2n) is 11.5. The predicted octanol–water partition coefficient (Wildman–Crippen LogP) is 5.55. The third-order valence-electron chi connectivity index (χ3n) is 8.50. The Bertz CT molecular complexity index is 1740. The monoisotopic (exact) mass is 611 g/mol. The van der Waals surface area contributed by atoms with E-state index in [1.165, 1.54) is 6.08 Å². The molecule has 6 rings (SSSR count). The molecule has 4 aromatic rings. The molecule has 0 saturated carbocycles. The van der Waals surface area contributed by atoms with Crippen LogP contribution in [0.3, 0.4) is 0 Å². The van der Waals surface area contributed by atoms with Gasteiger partial charge in [-0.1, -0.05) is 41.0 Å². The minimum atomic E-state index is -0.568. The van der Waals surface area contributed by atoms with E-state index >= 15 is 4.39 Å². The molecule has 2 aliphatic rings. The Hall–Kier alpha value is -3.47. The van der Waals surface area contributed by atoms with E-state index in [1.807, 2.05) is 40.9 Å². The topological polar surface area (TPSA) is 81.8 Å². The number of amides is 1. The molecule has 2 saturated heterocycles. The normalized spacial score (nSPS) is 19.7. The highest BCUT2D eigenvalue weighted by Crippen LogP contribution is 2.44. The van der Waals surface area contributed by atoms with Gasteiger partial charge in [0.2, 0.25) is 11.9 Å². The number of carbonyl (C=O) groups excluding carboxylic acids is 1. The molecular weight excluding hydrogens is 580 g/mol. The standard InChI is InChI=1S/C30H32Cl2FN7O2/c1-7-22(41)39-11-17(4)40(12-16(39)3)29-19-10-20(31)24(23-15(2)8-9-21-25(23)28(32)36-42-21)26(33)27(19)34-30(35-29)38-13-18(14-38)37(5)6/h7-10,16-18H,1,11-14H2,2-6H3/t16-,17+/m1/s1. The van der Waals surface area contributed by atoms with Crippen molar-refractivity contribution in [2.24, 2.45) is 0 Å². The quantitative estimate of drug-likeness (QED) is 0.272. The number of likely N-dealkylation sites (N-methyl/N-ethyl adjacent to an activating group) is 1. The molecule has 2 aromatic heterocycles. The summed E-state index contributed by atoms with van der Waals surface area (Å²) in [5.74, 6) is 0.346. The van der Waals surface area contributed by atoms with Crippen LogP contribution in [0, 0.1) is 12.7 Å². The largest absolute Gasteiger partial charge is 0.355 e. The molecule has 1 amide bonds. The van der Waals surface area contributed by atoms with E-state index < -0.39 is 5.82 Å². The highest BCUT2D eigenvalue weighted by Gasteiger charge is 2.36. The number of anilines is 2. The van der Waals surface area contributed by atoms with Gasteiger partial charge in [-0.3, -0.25) is 4.79 Å². The van der Waals surface area contributed by atoms with Crippen LogP contribution in [0.2, 0.25) is 10.2 Å². The van der Waals surface area contributed by atoms with Crippen LogP contribution in [-0.2, 0) is 4.79 Å². The van der Waals surface area contributed by atoms with Gasteiger partial charge in [0.15, 0.2) is 16.6 Å². The molecular formula is C30H32Cl2FN7O2. The zero-order valence-corrected chi connectivity index (χ0v) is 25.7. The van der Waals surface area contributed by atoms with Crippen molar-refractivity contribution in [3.63, 3.8) is 0 Å². The number of hydrogen-bond donors (Lipinski definition) is 0. The van der Waals surface area contributed by atoms with Crippen LogP contribution in [0.1, 0.15) is 19.4 Å². The Labute approximate surface area is 253 Å². The van der Waals surface area contributed by atoms with E-state index in [1.54, 1.807) is 17.0 Å². The molecule has 12 heteroatoms. The molecule has 4 heterocycles. The first-order chi connectivity index (χ1) is 20.0. The molecule has 9 nitrogen and oxygen atoms in total. The number of piperazine rings is 1. The first-order valence-electron chi connectivity index (χ1n) is 13.9. The van der Waals surface area contributed by atoms with Crippen molar-refractivity contribution in [3.05, 3.63) is 52.4 Å². The van der Waals surface area contributed by atoms with Crippen molar-refractivity contribution >= 4 is 62.7 Å². The number of aromatic nitrogens is 3. The van der Waals surface area contributed by atoms with Crippen molar-refractivity contribution in [3.8, 4) is 11.1 Å². The number of aryl methyl sites for hydroxylation is 1.